The van der Waals surface area contributed by atoms with E-state index in [9.17, 15) is 0 Å². The molecule has 2 heterocycles. The minimum absolute atomic E-state index is 0.228. The maximum atomic E-state index is 4.20. The largest absolute Gasteiger partial charge is 0.371 e. The maximum Gasteiger partial charge on any atom is 0.141 e. The Kier molecular flexibility index (Phi) is 3.97. The first-order chi connectivity index (χ1) is 9.83. The molecule has 0 radical (unpaired) electrons. The number of anilines is 1. The molecule has 0 aliphatic carbocycles. The predicted octanol–water partition coefficient (Wildman–Crippen LogP) is 2.12. The van der Waals surface area contributed by atoms with Crippen molar-refractivity contribution in [2.75, 3.05) is 18.0 Å². The number of hydrogen-bond donors (Lipinski definition) is 2. The van der Waals surface area contributed by atoms with Crippen LogP contribution in [0, 0.1) is 0 Å². The molecule has 20 heavy (non-hydrogen) atoms. The number of aromatic nitrogens is 3. The van der Waals surface area contributed by atoms with Gasteiger partial charge in [-0.25, -0.2) is 4.98 Å². The van der Waals surface area contributed by atoms with Crippen molar-refractivity contribution in [3.8, 4) is 0 Å². The van der Waals surface area contributed by atoms with Gasteiger partial charge < -0.3 is 10.2 Å². The van der Waals surface area contributed by atoms with Gasteiger partial charge >= 0.3 is 0 Å². The second kappa shape index (κ2) is 6.05. The molecule has 1 unspecified atom stereocenters. The lowest BCUT2D eigenvalue weighted by Gasteiger charge is -2.35. The van der Waals surface area contributed by atoms with Gasteiger partial charge in [-0.15, -0.1) is 0 Å². The third-order valence-electron chi connectivity index (χ3n) is 3.95. The highest BCUT2D eigenvalue weighted by molar-refractivity contribution is 5.46. The molecule has 3 rings (SSSR count). The Balaban J connectivity index is 1.51. The van der Waals surface area contributed by atoms with Gasteiger partial charge in [0.2, 0.25) is 0 Å². The van der Waals surface area contributed by atoms with E-state index in [4.69, 9.17) is 0 Å². The summed E-state index contributed by atoms with van der Waals surface area (Å²) >= 11 is 0. The molecule has 0 saturated carbocycles. The number of nitrogens with one attached hydrogen (secondary N) is 2. The van der Waals surface area contributed by atoms with Crippen LogP contribution in [0.2, 0.25) is 0 Å². The molecule has 1 aliphatic heterocycles. The molecule has 1 aromatic carbocycles. The van der Waals surface area contributed by atoms with E-state index in [2.05, 4.69) is 62.7 Å². The van der Waals surface area contributed by atoms with Crippen LogP contribution < -0.4 is 10.2 Å². The third kappa shape index (κ3) is 2.99. The molecule has 2 N–H and O–H groups in total. The van der Waals surface area contributed by atoms with Gasteiger partial charge in [0.25, 0.3) is 0 Å². The standard InChI is InChI=1S/C15H21N5/c1-12(15-16-11-17-19-15)18-13-7-9-20(10-8-13)14-5-3-2-4-6-14/h2-6,11-13,18H,7-10H2,1H3,(H,16,17,19). The normalized spacial score (nSPS) is 18.1. The van der Waals surface area contributed by atoms with Crippen molar-refractivity contribution in [1.82, 2.24) is 20.5 Å². The Morgan fingerprint density at radius 2 is 2.00 bits per heavy atom. The first-order valence-corrected chi connectivity index (χ1v) is 7.24. The van der Waals surface area contributed by atoms with Crippen LogP contribution in [0.3, 0.4) is 0 Å². The Morgan fingerprint density at radius 1 is 1.25 bits per heavy atom. The van der Waals surface area contributed by atoms with Crippen LogP contribution in [0.4, 0.5) is 5.69 Å². The first kappa shape index (κ1) is 13.1. The molecule has 1 fully saturated rings. The van der Waals surface area contributed by atoms with Crippen LogP contribution >= 0.6 is 0 Å². The van der Waals surface area contributed by atoms with Crippen LogP contribution in [-0.2, 0) is 0 Å². The number of rotatable bonds is 4. The highest BCUT2D eigenvalue weighted by atomic mass is 15.2. The summed E-state index contributed by atoms with van der Waals surface area (Å²) in [5.74, 6) is 0.912. The van der Waals surface area contributed by atoms with Crippen molar-refractivity contribution in [3.05, 3.63) is 42.5 Å². The fraction of sp³-hybridized carbons (Fsp3) is 0.467. The van der Waals surface area contributed by atoms with Gasteiger partial charge in [0, 0.05) is 24.8 Å². The Hall–Kier alpha value is -1.88. The molecule has 0 spiro atoms. The molecule has 1 atom stereocenters. The highest BCUT2D eigenvalue weighted by Crippen LogP contribution is 2.20. The molecule has 5 nitrogen and oxygen atoms in total. The summed E-state index contributed by atoms with van der Waals surface area (Å²) in [6.45, 7) is 4.33. The number of benzene rings is 1. The summed E-state index contributed by atoms with van der Waals surface area (Å²) in [5, 5.41) is 10.5. The van der Waals surface area contributed by atoms with Crippen LogP contribution in [0.25, 0.3) is 0 Å². The van der Waals surface area contributed by atoms with E-state index >= 15 is 0 Å². The fourth-order valence-electron chi connectivity index (χ4n) is 2.80. The summed E-state index contributed by atoms with van der Waals surface area (Å²) in [5.41, 5.74) is 1.33. The predicted molar refractivity (Wildman–Crippen MR) is 79.6 cm³/mol. The van der Waals surface area contributed by atoms with Crippen LogP contribution in [0.1, 0.15) is 31.6 Å². The fourth-order valence-corrected chi connectivity index (χ4v) is 2.80. The van der Waals surface area contributed by atoms with Gasteiger partial charge in [-0.1, -0.05) is 18.2 Å². The quantitative estimate of drug-likeness (QED) is 0.894. The van der Waals surface area contributed by atoms with Crippen LogP contribution in [0.15, 0.2) is 36.7 Å². The van der Waals surface area contributed by atoms with Crippen molar-refractivity contribution in [1.29, 1.82) is 0 Å². The monoisotopic (exact) mass is 271 g/mol. The molecule has 1 aliphatic rings. The number of aromatic amines is 1. The smallest absolute Gasteiger partial charge is 0.141 e. The summed E-state index contributed by atoms with van der Waals surface area (Å²) < 4.78 is 0. The molecular weight excluding hydrogens is 250 g/mol. The Labute approximate surface area is 119 Å². The second-order valence-electron chi connectivity index (χ2n) is 5.36. The topological polar surface area (TPSA) is 56.8 Å². The van der Waals surface area contributed by atoms with Crippen molar-refractivity contribution < 1.29 is 0 Å². The van der Waals surface area contributed by atoms with Crippen LogP contribution in [0.5, 0.6) is 0 Å². The molecule has 1 saturated heterocycles. The molecule has 0 amide bonds. The summed E-state index contributed by atoms with van der Waals surface area (Å²) in [4.78, 5) is 6.66. The van der Waals surface area contributed by atoms with Gasteiger partial charge in [0.15, 0.2) is 0 Å². The zero-order chi connectivity index (χ0) is 13.8. The van der Waals surface area contributed by atoms with Crippen molar-refractivity contribution in [2.24, 2.45) is 0 Å². The SMILES string of the molecule is CC(NC1CCN(c2ccccc2)CC1)c1ncn[nH]1. The average Bonchev–Trinajstić information content (AvgIpc) is 3.03. The first-order valence-electron chi connectivity index (χ1n) is 7.24. The van der Waals surface area contributed by atoms with E-state index in [0.29, 0.717) is 6.04 Å². The van der Waals surface area contributed by atoms with E-state index in [1.54, 1.807) is 6.33 Å². The lowest BCUT2D eigenvalue weighted by Crippen LogP contribution is -2.43. The van der Waals surface area contributed by atoms with Crippen LogP contribution in [-0.4, -0.2) is 34.3 Å². The lowest BCUT2D eigenvalue weighted by atomic mass is 10.0. The van der Waals surface area contributed by atoms with E-state index < -0.39 is 0 Å². The molecule has 1 aromatic heterocycles. The zero-order valence-electron chi connectivity index (χ0n) is 11.8. The summed E-state index contributed by atoms with van der Waals surface area (Å²) in [6, 6.07) is 11.4. The minimum atomic E-state index is 0.228. The van der Waals surface area contributed by atoms with E-state index in [-0.39, 0.29) is 6.04 Å². The van der Waals surface area contributed by atoms with Crippen molar-refractivity contribution in [2.45, 2.75) is 31.8 Å². The number of H-pyrrole nitrogens is 1. The molecular formula is C15H21N5. The van der Waals surface area contributed by atoms with Gasteiger partial charge in [-0.2, -0.15) is 5.10 Å². The molecule has 5 heteroatoms. The Morgan fingerprint density at radius 3 is 2.65 bits per heavy atom. The minimum Gasteiger partial charge on any atom is -0.371 e. The number of piperidine rings is 1. The molecule has 106 valence electrons. The van der Waals surface area contributed by atoms with E-state index in [0.717, 1.165) is 31.8 Å². The molecule has 0 bridgehead atoms. The average molecular weight is 271 g/mol. The summed E-state index contributed by atoms with van der Waals surface area (Å²) in [7, 11) is 0. The van der Waals surface area contributed by atoms with Crippen molar-refractivity contribution in [3.63, 3.8) is 0 Å². The number of para-hydroxylation sites is 1. The van der Waals surface area contributed by atoms with E-state index in [1.165, 1.54) is 5.69 Å². The summed E-state index contributed by atoms with van der Waals surface area (Å²) in [6.07, 6.45) is 3.88. The second-order valence-corrected chi connectivity index (χ2v) is 5.36. The van der Waals surface area contributed by atoms with Gasteiger partial charge in [0.1, 0.15) is 12.2 Å². The van der Waals surface area contributed by atoms with Gasteiger partial charge in [-0.3, -0.25) is 5.10 Å². The van der Waals surface area contributed by atoms with Gasteiger partial charge in [0.05, 0.1) is 6.04 Å². The highest BCUT2D eigenvalue weighted by Gasteiger charge is 2.21. The maximum absolute atomic E-state index is 4.20. The number of hydrogen-bond acceptors (Lipinski definition) is 4. The third-order valence-corrected chi connectivity index (χ3v) is 3.95. The molecule has 2 aromatic rings. The number of nitrogens with zero attached hydrogens (tertiary/aromatic N) is 3. The van der Waals surface area contributed by atoms with Gasteiger partial charge in [-0.05, 0) is 31.9 Å². The van der Waals surface area contributed by atoms with E-state index in [1.807, 2.05) is 0 Å². The Bertz CT molecular complexity index is 502. The lowest BCUT2D eigenvalue weighted by molar-refractivity contribution is 0.374. The van der Waals surface area contributed by atoms with Crippen molar-refractivity contribution >= 4 is 5.69 Å². The zero-order valence-corrected chi connectivity index (χ0v) is 11.8.